The van der Waals surface area contributed by atoms with Crippen LogP contribution in [0.5, 0.6) is 0 Å². The second kappa shape index (κ2) is 5.96. The molecule has 0 spiro atoms. The van der Waals surface area contributed by atoms with E-state index >= 15 is 0 Å². The van der Waals surface area contributed by atoms with Gasteiger partial charge in [-0.25, -0.2) is 0 Å². The summed E-state index contributed by atoms with van der Waals surface area (Å²) < 4.78 is 13.2. The predicted molar refractivity (Wildman–Crippen MR) is 83.5 cm³/mol. The minimum Gasteiger partial charge on any atom is -0.365 e. The Balaban J connectivity index is 1.57. The van der Waals surface area contributed by atoms with E-state index in [4.69, 9.17) is 9.26 Å². The third-order valence-corrected chi connectivity index (χ3v) is 3.97. The van der Waals surface area contributed by atoms with Gasteiger partial charge in [0.2, 0.25) is 0 Å². The summed E-state index contributed by atoms with van der Waals surface area (Å²) in [7, 11) is 0. The molecule has 2 aromatic heterocycles. The van der Waals surface area contributed by atoms with Gasteiger partial charge in [-0.3, -0.25) is 4.68 Å². The fourth-order valence-electron chi connectivity index (χ4n) is 2.78. The molecule has 1 aromatic carbocycles. The predicted octanol–water partition coefficient (Wildman–Crippen LogP) is 3.16. The van der Waals surface area contributed by atoms with Gasteiger partial charge in [0, 0.05) is 6.42 Å². The number of fused-ring (bicyclic) bond motifs is 1. The largest absolute Gasteiger partial charge is 0.365 e. The maximum atomic E-state index is 5.96. The zero-order valence-electron chi connectivity index (χ0n) is 13.0. The van der Waals surface area contributed by atoms with Crippen molar-refractivity contribution < 1.29 is 9.26 Å². The quantitative estimate of drug-likeness (QED) is 0.740. The molecule has 6 nitrogen and oxygen atoms in total. The average molecular weight is 310 g/mol. The van der Waals surface area contributed by atoms with E-state index in [0.717, 1.165) is 24.4 Å². The number of nitrogens with zero attached hydrogens (tertiary/aromatic N) is 4. The normalized spacial score (nSPS) is 17.2. The molecule has 0 unspecified atom stereocenters. The number of hydrogen-bond donors (Lipinski definition) is 0. The fourth-order valence-corrected chi connectivity index (χ4v) is 2.78. The summed E-state index contributed by atoms with van der Waals surface area (Å²) in [4.78, 5) is 4.40. The van der Waals surface area contributed by atoms with Gasteiger partial charge < -0.3 is 9.26 Å². The second-order valence-corrected chi connectivity index (χ2v) is 5.68. The van der Waals surface area contributed by atoms with Crippen LogP contribution in [0.25, 0.3) is 11.6 Å². The molecule has 0 saturated heterocycles. The Labute approximate surface area is 134 Å². The number of aryl methyl sites for hydroxylation is 1. The Hall–Kier alpha value is -2.47. The number of aromatic nitrogens is 4. The van der Waals surface area contributed by atoms with Crippen molar-refractivity contribution in [2.24, 2.45) is 0 Å². The zero-order valence-corrected chi connectivity index (χ0v) is 13.0. The van der Waals surface area contributed by atoms with Crippen molar-refractivity contribution >= 4 is 0 Å². The summed E-state index contributed by atoms with van der Waals surface area (Å²) in [6.07, 6.45) is 1.83. The van der Waals surface area contributed by atoms with Crippen molar-refractivity contribution in [2.75, 3.05) is 0 Å². The van der Waals surface area contributed by atoms with Gasteiger partial charge in [0.1, 0.15) is 6.10 Å². The lowest BCUT2D eigenvalue weighted by Crippen LogP contribution is -2.21. The molecule has 6 heteroatoms. The van der Waals surface area contributed by atoms with Crippen LogP contribution in [0.4, 0.5) is 0 Å². The molecule has 0 aliphatic carbocycles. The Morgan fingerprint density at radius 1 is 1.26 bits per heavy atom. The summed E-state index contributed by atoms with van der Waals surface area (Å²) in [6.45, 7) is 3.31. The van der Waals surface area contributed by atoms with E-state index in [2.05, 4.69) is 34.3 Å². The molecular formula is C17H18N4O2. The highest BCUT2D eigenvalue weighted by Gasteiger charge is 2.24. The molecule has 0 N–H and O–H groups in total. The first-order chi connectivity index (χ1) is 11.3. The standard InChI is InChI=1S/C17H18N4O2/c1-2-6-16-18-17(23-20-16)14-9-13-11-22-15(10-21(13)19-14)12-7-4-3-5-8-12/h3-5,7-9,15H,2,6,10-11H2,1H3/t15-/m1/s1. The molecule has 3 heterocycles. The maximum absolute atomic E-state index is 5.96. The molecule has 3 aromatic rings. The highest BCUT2D eigenvalue weighted by Crippen LogP contribution is 2.28. The smallest absolute Gasteiger partial charge is 0.278 e. The fraction of sp³-hybridized carbons (Fsp3) is 0.353. The van der Waals surface area contributed by atoms with Crippen molar-refractivity contribution in [3.63, 3.8) is 0 Å². The van der Waals surface area contributed by atoms with E-state index in [0.29, 0.717) is 24.7 Å². The van der Waals surface area contributed by atoms with Crippen LogP contribution < -0.4 is 0 Å². The molecular weight excluding hydrogens is 292 g/mol. The first-order valence-corrected chi connectivity index (χ1v) is 7.89. The van der Waals surface area contributed by atoms with Crippen molar-refractivity contribution in [1.82, 2.24) is 19.9 Å². The van der Waals surface area contributed by atoms with Gasteiger partial charge in [0.25, 0.3) is 5.89 Å². The molecule has 0 fully saturated rings. The summed E-state index contributed by atoms with van der Waals surface area (Å²) in [5.41, 5.74) is 2.91. The summed E-state index contributed by atoms with van der Waals surface area (Å²) >= 11 is 0. The van der Waals surface area contributed by atoms with Gasteiger partial charge in [-0.15, -0.1) is 0 Å². The third-order valence-electron chi connectivity index (χ3n) is 3.97. The van der Waals surface area contributed by atoms with Crippen molar-refractivity contribution in [1.29, 1.82) is 0 Å². The first-order valence-electron chi connectivity index (χ1n) is 7.89. The zero-order chi connectivity index (χ0) is 15.6. The van der Waals surface area contributed by atoms with E-state index in [1.807, 2.05) is 28.9 Å². The SMILES string of the molecule is CCCc1noc(-c2cc3n(n2)C[C@H](c2ccccc2)OC3)n1. The van der Waals surface area contributed by atoms with Crippen LogP contribution in [0.15, 0.2) is 40.9 Å². The Morgan fingerprint density at radius 2 is 2.13 bits per heavy atom. The van der Waals surface area contributed by atoms with Gasteiger partial charge in [-0.05, 0) is 18.1 Å². The number of ether oxygens (including phenoxy) is 1. The van der Waals surface area contributed by atoms with Crippen molar-refractivity contribution in [3.8, 4) is 11.6 Å². The van der Waals surface area contributed by atoms with Crippen LogP contribution in [0, 0.1) is 0 Å². The van der Waals surface area contributed by atoms with Gasteiger partial charge >= 0.3 is 0 Å². The third kappa shape index (κ3) is 2.77. The van der Waals surface area contributed by atoms with Gasteiger partial charge in [-0.1, -0.05) is 42.4 Å². The van der Waals surface area contributed by atoms with Crippen molar-refractivity contribution in [3.05, 3.63) is 53.5 Å². The summed E-state index contributed by atoms with van der Waals surface area (Å²) in [5, 5.41) is 8.60. The van der Waals surface area contributed by atoms with Crippen LogP contribution in [0.2, 0.25) is 0 Å². The van der Waals surface area contributed by atoms with Crippen LogP contribution in [-0.2, 0) is 24.3 Å². The molecule has 4 rings (SSSR count). The van der Waals surface area contributed by atoms with Crippen LogP contribution in [0.3, 0.4) is 0 Å². The molecule has 23 heavy (non-hydrogen) atoms. The summed E-state index contributed by atoms with van der Waals surface area (Å²) in [6, 6.07) is 12.2. The number of hydrogen-bond acceptors (Lipinski definition) is 5. The molecule has 1 aliphatic heterocycles. The molecule has 1 atom stereocenters. The lowest BCUT2D eigenvalue weighted by molar-refractivity contribution is -0.00113. The van der Waals surface area contributed by atoms with E-state index in [1.165, 1.54) is 5.56 Å². The minimum absolute atomic E-state index is 0.0230. The topological polar surface area (TPSA) is 66.0 Å². The lowest BCUT2D eigenvalue weighted by Gasteiger charge is -2.24. The van der Waals surface area contributed by atoms with Crippen LogP contribution >= 0.6 is 0 Å². The average Bonchev–Trinajstić information content (AvgIpc) is 3.21. The van der Waals surface area contributed by atoms with Gasteiger partial charge in [-0.2, -0.15) is 10.1 Å². The molecule has 0 amide bonds. The van der Waals surface area contributed by atoms with E-state index < -0.39 is 0 Å². The molecule has 0 radical (unpaired) electrons. The summed E-state index contributed by atoms with van der Waals surface area (Å²) in [5.74, 6) is 1.21. The van der Waals surface area contributed by atoms with Crippen LogP contribution in [0.1, 0.15) is 36.5 Å². The number of rotatable bonds is 4. The first kappa shape index (κ1) is 14.1. The number of benzene rings is 1. The van der Waals surface area contributed by atoms with Gasteiger partial charge in [0.05, 0.1) is 18.8 Å². The monoisotopic (exact) mass is 310 g/mol. The highest BCUT2D eigenvalue weighted by atomic mass is 16.5. The van der Waals surface area contributed by atoms with Gasteiger partial charge in [0.15, 0.2) is 11.5 Å². The molecule has 1 aliphatic rings. The second-order valence-electron chi connectivity index (χ2n) is 5.68. The Bertz CT molecular complexity index is 794. The van der Waals surface area contributed by atoms with E-state index in [1.54, 1.807) is 0 Å². The van der Waals surface area contributed by atoms with Crippen LogP contribution in [-0.4, -0.2) is 19.9 Å². The highest BCUT2D eigenvalue weighted by molar-refractivity contribution is 5.47. The van der Waals surface area contributed by atoms with Crippen molar-refractivity contribution in [2.45, 2.75) is 39.0 Å². The Morgan fingerprint density at radius 3 is 2.96 bits per heavy atom. The Kier molecular flexibility index (Phi) is 3.67. The lowest BCUT2D eigenvalue weighted by atomic mass is 10.1. The molecule has 0 saturated carbocycles. The molecule has 118 valence electrons. The maximum Gasteiger partial charge on any atom is 0.278 e. The minimum atomic E-state index is 0.0230. The van der Waals surface area contributed by atoms with E-state index in [9.17, 15) is 0 Å². The molecule has 0 bridgehead atoms. The van der Waals surface area contributed by atoms with E-state index in [-0.39, 0.29) is 6.10 Å².